The molecule has 2 aliphatic heterocycles. The predicted molar refractivity (Wildman–Crippen MR) is 174 cm³/mol. The van der Waals surface area contributed by atoms with Gasteiger partial charge in [0.2, 0.25) is 10.0 Å². The molecule has 0 radical (unpaired) electrons. The zero-order valence-corrected chi connectivity index (χ0v) is 28.3. The van der Waals surface area contributed by atoms with E-state index in [0.29, 0.717) is 38.2 Å². The zero-order chi connectivity index (χ0) is 34.0. The van der Waals surface area contributed by atoms with Gasteiger partial charge in [-0.1, -0.05) is 44.2 Å². The number of amides is 3. The van der Waals surface area contributed by atoms with Crippen LogP contribution in [0.15, 0.2) is 59.5 Å². The van der Waals surface area contributed by atoms with Crippen molar-refractivity contribution in [3.63, 3.8) is 0 Å². The highest BCUT2D eigenvalue weighted by molar-refractivity contribution is 7.89. The highest BCUT2D eigenvalue weighted by Gasteiger charge is 2.44. The van der Waals surface area contributed by atoms with Crippen LogP contribution in [0.4, 0.5) is 9.59 Å². The van der Waals surface area contributed by atoms with E-state index in [9.17, 15) is 23.1 Å². The molecule has 1 unspecified atom stereocenters. The molecule has 3 amide bonds. The fraction of sp³-hybridized carbons (Fsp3) is 0.576. The van der Waals surface area contributed by atoms with Crippen LogP contribution < -0.4 is 25.4 Å². The SMILES string of the molecule is CNC(=O)NCCCC(C)(C)CC(NS(=O)(=O)c1ccc(OC)cc1)[C@H](O)[C@H](Cc1ccccc1)NC(=O)O[C@H]1CO[C@H]2OCC[C@H]21. The molecule has 2 aromatic rings. The third-order valence-corrected chi connectivity index (χ3v) is 10.2. The lowest BCUT2D eigenvalue weighted by Gasteiger charge is -2.36. The number of carbonyl (C=O) groups is 2. The van der Waals surface area contributed by atoms with Crippen LogP contribution in [0.3, 0.4) is 0 Å². The third-order valence-electron chi connectivity index (χ3n) is 8.66. The molecule has 2 aromatic carbocycles. The maximum atomic E-state index is 13.7. The van der Waals surface area contributed by atoms with Crippen molar-refractivity contribution in [1.82, 2.24) is 20.7 Å². The van der Waals surface area contributed by atoms with Crippen LogP contribution in [0.5, 0.6) is 5.75 Å². The molecule has 0 bridgehead atoms. The number of hydrogen-bond acceptors (Lipinski definition) is 9. The molecule has 13 nitrogen and oxygen atoms in total. The van der Waals surface area contributed by atoms with Crippen LogP contribution in [-0.4, -0.2) is 90.1 Å². The number of nitrogens with one attached hydrogen (secondary N) is 4. The predicted octanol–water partition coefficient (Wildman–Crippen LogP) is 2.93. The summed E-state index contributed by atoms with van der Waals surface area (Å²) >= 11 is 0. The van der Waals surface area contributed by atoms with Crippen LogP contribution >= 0.6 is 0 Å². The second-order valence-electron chi connectivity index (χ2n) is 12.8. The number of hydrogen-bond donors (Lipinski definition) is 5. The van der Waals surface area contributed by atoms with Crippen LogP contribution in [0.2, 0.25) is 0 Å². The summed E-state index contributed by atoms with van der Waals surface area (Å²) in [6.45, 7) is 5.11. The van der Waals surface area contributed by atoms with Crippen molar-refractivity contribution in [2.45, 2.75) is 81.4 Å². The number of urea groups is 1. The van der Waals surface area contributed by atoms with Crippen LogP contribution in [0, 0.1) is 11.3 Å². The van der Waals surface area contributed by atoms with Crippen LogP contribution in [-0.2, 0) is 30.7 Å². The highest BCUT2D eigenvalue weighted by atomic mass is 32.2. The number of carbonyl (C=O) groups excluding carboxylic acids is 2. The minimum atomic E-state index is -4.11. The first kappa shape index (κ1) is 36.4. The summed E-state index contributed by atoms with van der Waals surface area (Å²) < 4.78 is 52.2. The summed E-state index contributed by atoms with van der Waals surface area (Å²) in [5, 5.41) is 20.1. The Morgan fingerprint density at radius 3 is 2.47 bits per heavy atom. The largest absolute Gasteiger partial charge is 0.497 e. The Hall–Kier alpha value is -3.43. The van der Waals surface area contributed by atoms with E-state index in [1.165, 1.54) is 26.3 Å². The minimum absolute atomic E-state index is 0.00429. The van der Waals surface area contributed by atoms with Gasteiger partial charge in [0, 0.05) is 13.6 Å². The van der Waals surface area contributed by atoms with E-state index in [4.69, 9.17) is 18.9 Å². The Morgan fingerprint density at radius 1 is 1.06 bits per heavy atom. The van der Waals surface area contributed by atoms with Crippen molar-refractivity contribution in [3.8, 4) is 5.75 Å². The molecule has 2 saturated heterocycles. The standard InChI is InChI=1S/C33H48N4O9S/c1-33(2,16-8-17-35-31(39)34-3)20-27(37-47(41,42)24-13-11-23(43-4)12-14-24)29(38)26(19-22-9-6-5-7-10-22)36-32(40)46-28-21-45-30-25(28)15-18-44-30/h5-7,9-14,25-30,37-38H,8,15-21H2,1-4H3,(H,36,40)(H2,34,35,39)/t25-,26-,27?,28-,29+,30+/m0/s1. The number of fused-ring (bicyclic) bond motifs is 1. The lowest BCUT2D eigenvalue weighted by atomic mass is 9.79. The molecule has 6 atom stereocenters. The van der Waals surface area contributed by atoms with E-state index in [1.807, 2.05) is 44.2 Å². The average molecular weight is 677 g/mol. The molecule has 0 aliphatic carbocycles. The first-order valence-electron chi connectivity index (χ1n) is 15.9. The van der Waals surface area contributed by atoms with E-state index in [-0.39, 0.29) is 36.3 Å². The van der Waals surface area contributed by atoms with Gasteiger partial charge in [-0.25, -0.2) is 22.7 Å². The lowest BCUT2D eigenvalue weighted by Crippen LogP contribution is -2.56. The second kappa shape index (κ2) is 16.6. The molecular formula is C33H48N4O9S. The lowest BCUT2D eigenvalue weighted by molar-refractivity contribution is -0.0907. The van der Waals surface area contributed by atoms with Gasteiger partial charge in [0.15, 0.2) is 6.29 Å². The average Bonchev–Trinajstić information content (AvgIpc) is 3.67. The molecule has 2 heterocycles. The van der Waals surface area contributed by atoms with Gasteiger partial charge in [-0.05, 0) is 67.3 Å². The van der Waals surface area contributed by atoms with E-state index < -0.39 is 52.1 Å². The molecule has 0 spiro atoms. The fourth-order valence-corrected chi connectivity index (χ4v) is 7.34. The number of benzene rings is 2. The molecule has 0 saturated carbocycles. The Balaban J connectivity index is 1.56. The van der Waals surface area contributed by atoms with Crippen molar-refractivity contribution in [1.29, 1.82) is 0 Å². The summed E-state index contributed by atoms with van der Waals surface area (Å²) in [6, 6.07) is 13.1. The molecular weight excluding hydrogens is 628 g/mol. The van der Waals surface area contributed by atoms with E-state index >= 15 is 0 Å². The molecule has 14 heteroatoms. The van der Waals surface area contributed by atoms with Crippen molar-refractivity contribution < 1.29 is 42.1 Å². The monoisotopic (exact) mass is 676 g/mol. The summed E-state index contributed by atoms with van der Waals surface area (Å²) in [5.74, 6) is 0.432. The van der Waals surface area contributed by atoms with Gasteiger partial charge in [-0.3, -0.25) is 0 Å². The van der Waals surface area contributed by atoms with E-state index in [2.05, 4.69) is 20.7 Å². The summed E-state index contributed by atoms with van der Waals surface area (Å²) in [6.07, 6.45) is -0.594. The number of methoxy groups -OCH3 is 1. The van der Waals surface area contributed by atoms with Crippen molar-refractivity contribution >= 4 is 22.1 Å². The van der Waals surface area contributed by atoms with Crippen LogP contribution in [0.25, 0.3) is 0 Å². The minimum Gasteiger partial charge on any atom is -0.497 e. The number of aliphatic hydroxyl groups excluding tert-OH is 1. The van der Waals surface area contributed by atoms with Gasteiger partial charge in [-0.2, -0.15) is 0 Å². The normalized spacial score (nSPS) is 21.3. The fourth-order valence-electron chi connectivity index (χ4n) is 6.08. The number of sulfonamides is 1. The quantitative estimate of drug-likeness (QED) is 0.168. The molecule has 260 valence electrons. The first-order valence-corrected chi connectivity index (χ1v) is 17.4. The van der Waals surface area contributed by atoms with Crippen molar-refractivity contribution in [3.05, 3.63) is 60.2 Å². The van der Waals surface area contributed by atoms with Gasteiger partial charge < -0.3 is 40.0 Å². The van der Waals surface area contributed by atoms with Crippen molar-refractivity contribution in [2.75, 3.05) is 33.9 Å². The second-order valence-corrected chi connectivity index (χ2v) is 14.5. The van der Waals surface area contributed by atoms with E-state index in [0.717, 1.165) is 5.56 Å². The van der Waals surface area contributed by atoms with Gasteiger partial charge in [0.1, 0.15) is 11.9 Å². The Kier molecular flexibility index (Phi) is 12.9. The molecule has 4 rings (SSSR count). The maximum absolute atomic E-state index is 13.7. The highest BCUT2D eigenvalue weighted by Crippen LogP contribution is 2.34. The number of rotatable bonds is 16. The van der Waals surface area contributed by atoms with Gasteiger partial charge in [0.05, 0.1) is 49.3 Å². The van der Waals surface area contributed by atoms with E-state index in [1.54, 1.807) is 12.1 Å². The van der Waals surface area contributed by atoms with Crippen LogP contribution in [0.1, 0.15) is 45.1 Å². The smallest absolute Gasteiger partial charge is 0.407 e. The topological polar surface area (TPSA) is 174 Å². The van der Waals surface area contributed by atoms with Gasteiger partial charge in [0.25, 0.3) is 0 Å². The van der Waals surface area contributed by atoms with Gasteiger partial charge in [-0.15, -0.1) is 0 Å². The molecule has 5 N–H and O–H groups in total. The summed E-state index contributed by atoms with van der Waals surface area (Å²) in [7, 11) is -1.08. The number of aliphatic hydroxyl groups is 1. The number of alkyl carbamates (subject to hydrolysis) is 1. The maximum Gasteiger partial charge on any atom is 0.407 e. The Labute approximate surface area is 277 Å². The molecule has 47 heavy (non-hydrogen) atoms. The van der Waals surface area contributed by atoms with Gasteiger partial charge >= 0.3 is 12.1 Å². The Bertz CT molecular complexity index is 1410. The Morgan fingerprint density at radius 2 is 1.79 bits per heavy atom. The zero-order valence-electron chi connectivity index (χ0n) is 27.4. The molecule has 2 fully saturated rings. The third kappa shape index (κ3) is 10.5. The number of ether oxygens (including phenoxy) is 4. The molecule has 2 aliphatic rings. The molecule has 0 aromatic heterocycles. The summed E-state index contributed by atoms with van der Waals surface area (Å²) in [4.78, 5) is 24.9. The summed E-state index contributed by atoms with van der Waals surface area (Å²) in [5.41, 5.74) is 0.358. The van der Waals surface area contributed by atoms with Crippen molar-refractivity contribution in [2.24, 2.45) is 11.3 Å². The first-order chi connectivity index (χ1) is 22.4.